The Kier molecular flexibility index (Phi) is 2.81. The number of hydrogen-bond donors (Lipinski definition) is 1. The number of aromatic nitrogens is 1. The molecular formula is C13H12BrNOS. The summed E-state index contributed by atoms with van der Waals surface area (Å²) in [5, 5.41) is 11.0. The number of aryl methyl sites for hydroxylation is 1. The molecule has 0 spiro atoms. The zero-order valence-corrected chi connectivity index (χ0v) is 11.6. The van der Waals surface area contributed by atoms with Gasteiger partial charge in [0.2, 0.25) is 0 Å². The minimum atomic E-state index is -0.866. The van der Waals surface area contributed by atoms with Gasteiger partial charge in [0.1, 0.15) is 10.2 Å². The number of benzene rings is 1. The molecule has 1 heterocycles. The van der Waals surface area contributed by atoms with E-state index in [0.29, 0.717) is 0 Å². The molecule has 0 amide bonds. The van der Waals surface area contributed by atoms with Crippen molar-refractivity contribution >= 4 is 27.3 Å². The van der Waals surface area contributed by atoms with Crippen LogP contribution in [0.2, 0.25) is 0 Å². The highest BCUT2D eigenvalue weighted by Gasteiger charge is 2.38. The molecule has 1 unspecified atom stereocenters. The Morgan fingerprint density at radius 2 is 2.18 bits per heavy atom. The molecule has 4 heteroatoms. The molecule has 2 nitrogen and oxygen atoms in total. The summed E-state index contributed by atoms with van der Waals surface area (Å²) < 4.78 is 0.765. The second kappa shape index (κ2) is 4.19. The quantitative estimate of drug-likeness (QED) is 0.875. The minimum Gasteiger partial charge on any atom is -0.379 e. The Labute approximate surface area is 112 Å². The van der Waals surface area contributed by atoms with Gasteiger partial charge in [-0.3, -0.25) is 0 Å². The van der Waals surface area contributed by atoms with E-state index in [2.05, 4.69) is 27.0 Å². The minimum absolute atomic E-state index is 0.765. The van der Waals surface area contributed by atoms with Crippen molar-refractivity contribution in [2.75, 3.05) is 0 Å². The third-order valence-electron chi connectivity index (χ3n) is 3.35. The first-order valence-electron chi connectivity index (χ1n) is 5.62. The van der Waals surface area contributed by atoms with E-state index in [-0.39, 0.29) is 0 Å². The van der Waals surface area contributed by atoms with Crippen LogP contribution in [0.5, 0.6) is 0 Å². The summed E-state index contributed by atoms with van der Waals surface area (Å²) in [4.78, 5) is 5.11. The molecule has 1 aliphatic rings. The molecule has 17 heavy (non-hydrogen) atoms. The van der Waals surface area contributed by atoms with E-state index in [4.69, 9.17) is 0 Å². The molecule has 1 aliphatic carbocycles. The van der Waals surface area contributed by atoms with Gasteiger partial charge in [0.05, 0.1) is 10.4 Å². The van der Waals surface area contributed by atoms with Crippen LogP contribution in [0.25, 0.3) is 0 Å². The maximum Gasteiger partial charge on any atom is 0.127 e. The molecule has 1 aromatic heterocycles. The predicted molar refractivity (Wildman–Crippen MR) is 72.2 cm³/mol. The van der Waals surface area contributed by atoms with Crippen molar-refractivity contribution in [1.29, 1.82) is 0 Å². The van der Waals surface area contributed by atoms with Gasteiger partial charge in [-0.15, -0.1) is 11.3 Å². The monoisotopic (exact) mass is 309 g/mol. The zero-order valence-electron chi connectivity index (χ0n) is 9.19. The Morgan fingerprint density at radius 1 is 1.35 bits per heavy atom. The molecular weight excluding hydrogens is 298 g/mol. The number of hydrogen-bond acceptors (Lipinski definition) is 3. The highest BCUT2D eigenvalue weighted by Crippen LogP contribution is 2.44. The summed E-state index contributed by atoms with van der Waals surface area (Å²) in [5.74, 6) is 0. The molecule has 0 radical (unpaired) electrons. The lowest BCUT2D eigenvalue weighted by Gasteiger charge is -2.33. The van der Waals surface area contributed by atoms with E-state index in [1.54, 1.807) is 5.51 Å². The molecule has 0 fully saturated rings. The fourth-order valence-corrected chi connectivity index (χ4v) is 4.21. The lowest BCUT2D eigenvalue weighted by molar-refractivity contribution is 0.0644. The standard InChI is InChI=1S/C13H12BrNOS/c14-12-11(17-8-15-12)13(16)7-3-5-9-4-1-2-6-10(9)13/h1-2,4,6,8,16H,3,5,7H2. The summed E-state index contributed by atoms with van der Waals surface area (Å²) in [6, 6.07) is 8.16. The van der Waals surface area contributed by atoms with Crippen LogP contribution in [0, 0.1) is 0 Å². The van der Waals surface area contributed by atoms with Gasteiger partial charge in [0.25, 0.3) is 0 Å². The third kappa shape index (κ3) is 1.75. The second-order valence-electron chi connectivity index (χ2n) is 4.34. The van der Waals surface area contributed by atoms with Crippen LogP contribution in [0.1, 0.15) is 28.8 Å². The van der Waals surface area contributed by atoms with Crippen LogP contribution in [0.3, 0.4) is 0 Å². The van der Waals surface area contributed by atoms with Crippen molar-refractivity contribution in [3.05, 3.63) is 50.4 Å². The normalized spacial score (nSPS) is 23.4. The first-order valence-corrected chi connectivity index (χ1v) is 7.29. The van der Waals surface area contributed by atoms with Crippen LogP contribution >= 0.6 is 27.3 Å². The fourth-order valence-electron chi connectivity index (χ4n) is 2.55. The van der Waals surface area contributed by atoms with Crippen molar-refractivity contribution < 1.29 is 5.11 Å². The van der Waals surface area contributed by atoms with Gasteiger partial charge in [0, 0.05) is 0 Å². The molecule has 0 saturated carbocycles. The topological polar surface area (TPSA) is 33.1 Å². The molecule has 1 atom stereocenters. The number of halogens is 1. The van der Waals surface area contributed by atoms with Gasteiger partial charge in [-0.1, -0.05) is 24.3 Å². The Balaban J connectivity index is 2.19. The number of thiazole rings is 1. The number of nitrogens with zero attached hydrogens (tertiary/aromatic N) is 1. The van der Waals surface area contributed by atoms with Crippen molar-refractivity contribution in [3.8, 4) is 0 Å². The highest BCUT2D eigenvalue weighted by molar-refractivity contribution is 9.10. The maximum absolute atomic E-state index is 11.0. The molecule has 0 saturated heterocycles. The van der Waals surface area contributed by atoms with E-state index in [1.807, 2.05) is 18.2 Å². The number of fused-ring (bicyclic) bond motifs is 1. The van der Waals surface area contributed by atoms with Crippen LogP contribution in [-0.4, -0.2) is 10.1 Å². The maximum atomic E-state index is 11.0. The van der Waals surface area contributed by atoms with Gasteiger partial charge in [-0.05, 0) is 46.3 Å². The lowest BCUT2D eigenvalue weighted by Crippen LogP contribution is -2.31. The molecule has 1 N–H and O–H groups in total. The van der Waals surface area contributed by atoms with E-state index in [0.717, 1.165) is 34.3 Å². The lowest BCUT2D eigenvalue weighted by atomic mass is 9.78. The predicted octanol–water partition coefficient (Wildman–Crippen LogP) is 3.48. The van der Waals surface area contributed by atoms with Crippen molar-refractivity contribution in [2.24, 2.45) is 0 Å². The Morgan fingerprint density at radius 3 is 2.94 bits per heavy atom. The Hall–Kier alpha value is -0.710. The van der Waals surface area contributed by atoms with Gasteiger partial charge < -0.3 is 5.11 Å². The van der Waals surface area contributed by atoms with E-state index in [1.165, 1.54) is 16.9 Å². The average molecular weight is 310 g/mol. The van der Waals surface area contributed by atoms with Crippen LogP contribution in [-0.2, 0) is 12.0 Å². The van der Waals surface area contributed by atoms with Crippen LogP contribution in [0.15, 0.2) is 34.4 Å². The highest BCUT2D eigenvalue weighted by atomic mass is 79.9. The first kappa shape index (κ1) is 11.4. The van der Waals surface area contributed by atoms with Crippen molar-refractivity contribution in [1.82, 2.24) is 4.98 Å². The SMILES string of the molecule is OC1(c2scnc2Br)CCCc2ccccc21. The average Bonchev–Trinajstić information content (AvgIpc) is 2.77. The van der Waals surface area contributed by atoms with Crippen LogP contribution < -0.4 is 0 Å². The molecule has 2 aromatic rings. The van der Waals surface area contributed by atoms with E-state index >= 15 is 0 Å². The summed E-state index contributed by atoms with van der Waals surface area (Å²) in [5.41, 5.74) is 3.20. The largest absolute Gasteiger partial charge is 0.379 e. The molecule has 1 aromatic carbocycles. The first-order chi connectivity index (χ1) is 8.22. The van der Waals surface area contributed by atoms with Crippen LogP contribution in [0.4, 0.5) is 0 Å². The van der Waals surface area contributed by atoms with Gasteiger partial charge in [-0.2, -0.15) is 0 Å². The molecule has 0 aliphatic heterocycles. The van der Waals surface area contributed by atoms with Crippen molar-refractivity contribution in [2.45, 2.75) is 24.9 Å². The number of rotatable bonds is 1. The summed E-state index contributed by atoms with van der Waals surface area (Å²) in [6.45, 7) is 0. The Bertz CT molecular complexity index is 554. The summed E-state index contributed by atoms with van der Waals surface area (Å²) in [6.07, 6.45) is 2.83. The molecule has 88 valence electrons. The second-order valence-corrected chi connectivity index (χ2v) is 5.95. The van der Waals surface area contributed by atoms with Gasteiger partial charge in [0.15, 0.2) is 0 Å². The van der Waals surface area contributed by atoms with Gasteiger partial charge in [-0.25, -0.2) is 4.98 Å². The van der Waals surface area contributed by atoms with Crippen molar-refractivity contribution in [3.63, 3.8) is 0 Å². The zero-order chi connectivity index (χ0) is 11.9. The molecule has 3 rings (SSSR count). The van der Waals surface area contributed by atoms with E-state index < -0.39 is 5.60 Å². The third-order valence-corrected chi connectivity index (χ3v) is 5.19. The number of aliphatic hydroxyl groups is 1. The van der Waals surface area contributed by atoms with Gasteiger partial charge >= 0.3 is 0 Å². The summed E-state index contributed by atoms with van der Waals surface area (Å²) in [7, 11) is 0. The molecule has 0 bridgehead atoms. The summed E-state index contributed by atoms with van der Waals surface area (Å²) >= 11 is 4.94. The fraction of sp³-hybridized carbons (Fsp3) is 0.308. The smallest absolute Gasteiger partial charge is 0.127 e. The van der Waals surface area contributed by atoms with E-state index in [9.17, 15) is 5.11 Å².